The van der Waals surface area contributed by atoms with Crippen LogP contribution in [0.2, 0.25) is 0 Å². The van der Waals surface area contributed by atoms with Crippen molar-refractivity contribution in [1.29, 1.82) is 0 Å². The standard InChI is InChI=1S/C16H20S/c1-11(2)13-5-7-14(8-6-13)16-10-9-15(17-16)12(3)4/h5-12H,1-4H3. The Labute approximate surface area is 108 Å². The topological polar surface area (TPSA) is 0 Å². The number of rotatable bonds is 3. The van der Waals surface area contributed by atoms with E-state index in [-0.39, 0.29) is 0 Å². The molecule has 0 amide bonds. The van der Waals surface area contributed by atoms with E-state index in [4.69, 9.17) is 0 Å². The van der Waals surface area contributed by atoms with Crippen LogP contribution in [0.4, 0.5) is 0 Å². The van der Waals surface area contributed by atoms with E-state index in [0.29, 0.717) is 11.8 Å². The van der Waals surface area contributed by atoms with Crippen molar-refractivity contribution in [3.63, 3.8) is 0 Å². The smallest absolute Gasteiger partial charge is 0.0345 e. The zero-order valence-corrected chi connectivity index (χ0v) is 11.8. The molecule has 0 atom stereocenters. The van der Waals surface area contributed by atoms with Crippen molar-refractivity contribution in [1.82, 2.24) is 0 Å². The zero-order valence-electron chi connectivity index (χ0n) is 11.0. The molecule has 0 bridgehead atoms. The number of benzene rings is 1. The first kappa shape index (κ1) is 12.4. The molecule has 90 valence electrons. The average molecular weight is 244 g/mol. The van der Waals surface area contributed by atoms with Crippen LogP contribution < -0.4 is 0 Å². The van der Waals surface area contributed by atoms with Crippen LogP contribution in [0.3, 0.4) is 0 Å². The van der Waals surface area contributed by atoms with Gasteiger partial charge in [0.1, 0.15) is 0 Å². The van der Waals surface area contributed by atoms with Crippen LogP contribution in [-0.2, 0) is 0 Å². The van der Waals surface area contributed by atoms with Gasteiger partial charge in [-0.25, -0.2) is 0 Å². The van der Waals surface area contributed by atoms with Gasteiger partial charge in [-0.3, -0.25) is 0 Å². The summed E-state index contributed by atoms with van der Waals surface area (Å²) in [5, 5.41) is 0. The van der Waals surface area contributed by atoms with Crippen molar-refractivity contribution >= 4 is 11.3 Å². The van der Waals surface area contributed by atoms with Crippen LogP contribution in [0.15, 0.2) is 36.4 Å². The highest BCUT2D eigenvalue weighted by Gasteiger charge is 2.06. The zero-order chi connectivity index (χ0) is 12.4. The lowest BCUT2D eigenvalue weighted by Crippen LogP contribution is -1.85. The largest absolute Gasteiger partial charge is 0.140 e. The van der Waals surface area contributed by atoms with E-state index in [1.807, 2.05) is 11.3 Å². The molecular weight excluding hydrogens is 224 g/mol. The molecule has 0 nitrogen and oxygen atoms in total. The van der Waals surface area contributed by atoms with Gasteiger partial charge in [-0.1, -0.05) is 52.0 Å². The Morgan fingerprint density at radius 3 is 1.88 bits per heavy atom. The summed E-state index contributed by atoms with van der Waals surface area (Å²) < 4.78 is 0. The minimum atomic E-state index is 0.610. The maximum Gasteiger partial charge on any atom is 0.0345 e. The lowest BCUT2D eigenvalue weighted by Gasteiger charge is -2.05. The van der Waals surface area contributed by atoms with Crippen LogP contribution >= 0.6 is 11.3 Å². The molecule has 0 fully saturated rings. The molecule has 1 heterocycles. The molecule has 0 N–H and O–H groups in total. The Hall–Kier alpha value is -1.08. The van der Waals surface area contributed by atoms with Gasteiger partial charge < -0.3 is 0 Å². The average Bonchev–Trinajstić information content (AvgIpc) is 2.78. The minimum absolute atomic E-state index is 0.610. The monoisotopic (exact) mass is 244 g/mol. The Balaban J connectivity index is 2.27. The summed E-state index contributed by atoms with van der Waals surface area (Å²) in [5.74, 6) is 1.24. The third kappa shape index (κ3) is 2.78. The lowest BCUT2D eigenvalue weighted by molar-refractivity contribution is 0.867. The molecule has 2 aromatic rings. The van der Waals surface area contributed by atoms with E-state index >= 15 is 0 Å². The third-order valence-corrected chi connectivity index (χ3v) is 4.49. The van der Waals surface area contributed by atoms with E-state index in [1.165, 1.54) is 20.9 Å². The fraction of sp³-hybridized carbons (Fsp3) is 0.375. The normalized spacial score (nSPS) is 11.4. The van der Waals surface area contributed by atoms with Crippen molar-refractivity contribution in [2.75, 3.05) is 0 Å². The predicted octanol–water partition coefficient (Wildman–Crippen LogP) is 5.66. The van der Waals surface area contributed by atoms with Gasteiger partial charge in [0.05, 0.1) is 0 Å². The summed E-state index contributed by atoms with van der Waals surface area (Å²) in [6.07, 6.45) is 0. The molecular formula is C16H20S. The Bertz CT molecular complexity index is 474. The van der Waals surface area contributed by atoms with Crippen LogP contribution in [0.25, 0.3) is 10.4 Å². The van der Waals surface area contributed by atoms with Gasteiger partial charge in [0, 0.05) is 9.75 Å². The van der Waals surface area contributed by atoms with Gasteiger partial charge in [0.25, 0.3) is 0 Å². The first-order chi connectivity index (χ1) is 8.08. The van der Waals surface area contributed by atoms with Crippen molar-refractivity contribution in [3.8, 4) is 10.4 Å². The number of hydrogen-bond donors (Lipinski definition) is 0. The molecule has 0 aliphatic carbocycles. The number of thiophene rings is 1. The summed E-state index contributed by atoms with van der Waals surface area (Å²) in [4.78, 5) is 2.84. The van der Waals surface area contributed by atoms with Crippen molar-refractivity contribution < 1.29 is 0 Å². The Morgan fingerprint density at radius 2 is 1.41 bits per heavy atom. The molecule has 0 unspecified atom stereocenters. The third-order valence-electron chi connectivity index (χ3n) is 3.06. The van der Waals surface area contributed by atoms with Crippen molar-refractivity contribution in [2.24, 2.45) is 0 Å². The van der Waals surface area contributed by atoms with E-state index in [2.05, 4.69) is 64.1 Å². The molecule has 0 radical (unpaired) electrons. The summed E-state index contributed by atoms with van der Waals surface area (Å²) >= 11 is 1.91. The van der Waals surface area contributed by atoms with Crippen LogP contribution in [0.1, 0.15) is 50.0 Å². The maximum atomic E-state index is 2.25. The van der Waals surface area contributed by atoms with Gasteiger partial charge in [-0.2, -0.15) is 0 Å². The molecule has 17 heavy (non-hydrogen) atoms. The molecule has 1 heteroatoms. The van der Waals surface area contributed by atoms with Gasteiger partial charge in [0.15, 0.2) is 0 Å². The SMILES string of the molecule is CC(C)c1ccc(-c2ccc(C(C)C)s2)cc1. The fourth-order valence-electron chi connectivity index (χ4n) is 1.85. The van der Waals surface area contributed by atoms with E-state index in [9.17, 15) is 0 Å². The van der Waals surface area contributed by atoms with Crippen LogP contribution in [0.5, 0.6) is 0 Å². The molecule has 0 saturated heterocycles. The summed E-state index contributed by atoms with van der Waals surface area (Å²) in [5.41, 5.74) is 2.75. The van der Waals surface area contributed by atoms with Crippen molar-refractivity contribution in [3.05, 3.63) is 46.8 Å². The van der Waals surface area contributed by atoms with Gasteiger partial charge in [-0.15, -0.1) is 11.3 Å². The maximum absolute atomic E-state index is 2.25. The second-order valence-electron chi connectivity index (χ2n) is 5.13. The first-order valence-electron chi connectivity index (χ1n) is 6.28. The highest BCUT2D eigenvalue weighted by Crippen LogP contribution is 2.32. The van der Waals surface area contributed by atoms with Crippen LogP contribution in [0, 0.1) is 0 Å². The lowest BCUT2D eigenvalue weighted by atomic mass is 10.0. The van der Waals surface area contributed by atoms with Crippen LogP contribution in [-0.4, -0.2) is 0 Å². The second-order valence-corrected chi connectivity index (χ2v) is 6.25. The molecule has 0 spiro atoms. The predicted molar refractivity (Wildman–Crippen MR) is 77.9 cm³/mol. The van der Waals surface area contributed by atoms with Gasteiger partial charge in [-0.05, 0) is 35.1 Å². The van der Waals surface area contributed by atoms with Gasteiger partial charge >= 0.3 is 0 Å². The van der Waals surface area contributed by atoms with E-state index < -0.39 is 0 Å². The molecule has 2 rings (SSSR count). The highest BCUT2D eigenvalue weighted by molar-refractivity contribution is 7.15. The quantitative estimate of drug-likeness (QED) is 0.653. The van der Waals surface area contributed by atoms with Gasteiger partial charge in [0.2, 0.25) is 0 Å². The van der Waals surface area contributed by atoms with E-state index in [1.54, 1.807) is 0 Å². The summed E-state index contributed by atoms with van der Waals surface area (Å²) in [7, 11) is 0. The molecule has 1 aromatic heterocycles. The summed E-state index contributed by atoms with van der Waals surface area (Å²) in [6, 6.07) is 13.5. The molecule has 0 aliphatic heterocycles. The summed E-state index contributed by atoms with van der Waals surface area (Å²) in [6.45, 7) is 8.96. The Morgan fingerprint density at radius 1 is 0.765 bits per heavy atom. The fourth-order valence-corrected chi connectivity index (χ4v) is 2.87. The van der Waals surface area contributed by atoms with Crippen molar-refractivity contribution in [2.45, 2.75) is 39.5 Å². The highest BCUT2D eigenvalue weighted by atomic mass is 32.1. The second kappa shape index (κ2) is 5.05. The molecule has 0 aliphatic rings. The minimum Gasteiger partial charge on any atom is -0.140 e. The first-order valence-corrected chi connectivity index (χ1v) is 7.09. The van der Waals surface area contributed by atoms with E-state index in [0.717, 1.165) is 0 Å². The Kier molecular flexibility index (Phi) is 3.68. The molecule has 1 aromatic carbocycles. The number of hydrogen-bond acceptors (Lipinski definition) is 1. The molecule has 0 saturated carbocycles.